The number of hydrogen-bond acceptors (Lipinski definition) is 7. The number of allylic oxidation sites excluding steroid dienone is 2. The normalized spacial score (nSPS) is 20.9. The Morgan fingerprint density at radius 2 is 1.92 bits per heavy atom. The lowest BCUT2D eigenvalue weighted by atomic mass is 9.66. The van der Waals surface area contributed by atoms with Gasteiger partial charge >= 0.3 is 5.97 Å². The summed E-state index contributed by atoms with van der Waals surface area (Å²) >= 11 is 6.52. The van der Waals surface area contributed by atoms with Crippen LogP contribution in [0, 0.1) is 21.4 Å². The second-order valence-electron chi connectivity index (χ2n) is 9.86. The first-order valence-corrected chi connectivity index (χ1v) is 11.8. The number of ketones is 1. The Bertz CT molecular complexity index is 1280. The molecule has 8 nitrogen and oxygen atoms in total. The fraction of sp³-hybridized carbons (Fsp3) is 0.333. The first kappa shape index (κ1) is 25.4. The van der Waals surface area contributed by atoms with Gasteiger partial charge in [0.15, 0.2) is 5.78 Å². The van der Waals surface area contributed by atoms with Crippen LogP contribution in [0.25, 0.3) is 0 Å². The lowest BCUT2D eigenvalue weighted by Gasteiger charge is -2.42. The molecule has 9 heteroatoms. The number of halogens is 1. The van der Waals surface area contributed by atoms with Crippen LogP contribution in [0.2, 0.25) is 5.02 Å². The Hall–Kier alpha value is -3.65. The number of non-ortho nitro benzene ring substituents is 1. The van der Waals surface area contributed by atoms with Crippen molar-refractivity contribution in [2.75, 3.05) is 7.11 Å². The Balaban J connectivity index is 1.75. The van der Waals surface area contributed by atoms with Crippen LogP contribution in [0.4, 0.5) is 5.69 Å². The molecule has 1 N–H and O–H groups in total. The maximum Gasteiger partial charge on any atom is 0.316 e. The fourth-order valence-corrected chi connectivity index (χ4v) is 5.14. The predicted octanol–water partition coefficient (Wildman–Crippen LogP) is 5.46. The van der Waals surface area contributed by atoms with E-state index in [9.17, 15) is 19.7 Å². The number of rotatable bonds is 6. The summed E-state index contributed by atoms with van der Waals surface area (Å²) in [6, 6.07) is 11.1. The monoisotopic (exact) mass is 510 g/mol. The zero-order chi connectivity index (χ0) is 26.2. The maximum absolute atomic E-state index is 13.5. The van der Waals surface area contributed by atoms with Gasteiger partial charge in [-0.15, -0.1) is 0 Å². The molecule has 0 saturated carbocycles. The summed E-state index contributed by atoms with van der Waals surface area (Å²) in [6.45, 7) is 8.04. The number of ether oxygens (including phenoxy) is 2. The van der Waals surface area contributed by atoms with E-state index in [4.69, 9.17) is 21.1 Å². The summed E-state index contributed by atoms with van der Waals surface area (Å²) in [5.41, 5.74) is 2.01. The lowest BCUT2D eigenvalue weighted by molar-refractivity contribution is -0.384. The van der Waals surface area contributed by atoms with Crippen molar-refractivity contribution in [3.05, 3.63) is 92.3 Å². The highest BCUT2D eigenvalue weighted by Crippen LogP contribution is 2.50. The first-order chi connectivity index (χ1) is 17.0. The molecule has 4 rings (SSSR count). The molecule has 2 aromatic rings. The molecule has 2 aromatic carbocycles. The van der Waals surface area contributed by atoms with Gasteiger partial charge in [-0.25, -0.2) is 0 Å². The minimum atomic E-state index is -1.01. The largest absolute Gasteiger partial charge is 0.497 e. The van der Waals surface area contributed by atoms with Crippen LogP contribution in [0.5, 0.6) is 5.75 Å². The van der Waals surface area contributed by atoms with E-state index in [0.29, 0.717) is 34.7 Å². The van der Waals surface area contributed by atoms with Crippen LogP contribution in [-0.4, -0.2) is 23.8 Å². The molecule has 1 aliphatic heterocycles. The third-order valence-corrected chi connectivity index (χ3v) is 6.91. The minimum absolute atomic E-state index is 0.00508. The van der Waals surface area contributed by atoms with E-state index in [-0.39, 0.29) is 34.9 Å². The standard InChI is InChI=1S/C27H27ClN2O6/c1-15-23(26(32)36-14-16-5-8-18(35-4)9-6-16)24(19-11-17(30(33)34)7-10-20(19)28)25-21(29-15)12-27(2,3)13-22(25)31/h5-11,23-24,29H,1,12-14H2,2-4H3. The highest BCUT2D eigenvalue weighted by molar-refractivity contribution is 6.31. The molecular weight excluding hydrogens is 484 g/mol. The molecule has 0 spiro atoms. The van der Waals surface area contributed by atoms with Crippen molar-refractivity contribution in [3.63, 3.8) is 0 Å². The first-order valence-electron chi connectivity index (χ1n) is 11.5. The number of nitrogens with one attached hydrogen (secondary N) is 1. The van der Waals surface area contributed by atoms with Crippen molar-refractivity contribution in [3.8, 4) is 5.75 Å². The molecule has 0 fully saturated rings. The molecule has 0 amide bonds. The number of carbonyl (C=O) groups excluding carboxylic acids is 2. The smallest absolute Gasteiger partial charge is 0.316 e. The second-order valence-corrected chi connectivity index (χ2v) is 10.3. The number of nitro groups is 1. The van der Waals surface area contributed by atoms with E-state index in [1.807, 2.05) is 13.8 Å². The molecule has 2 aliphatic rings. The van der Waals surface area contributed by atoms with E-state index in [1.165, 1.54) is 18.2 Å². The highest BCUT2D eigenvalue weighted by Gasteiger charge is 2.47. The number of methoxy groups -OCH3 is 1. The molecule has 0 saturated heterocycles. The quantitative estimate of drug-likeness (QED) is 0.312. The van der Waals surface area contributed by atoms with E-state index >= 15 is 0 Å². The Morgan fingerprint density at radius 1 is 1.22 bits per heavy atom. The van der Waals surface area contributed by atoms with E-state index in [0.717, 1.165) is 5.56 Å². The van der Waals surface area contributed by atoms with Crippen LogP contribution >= 0.6 is 11.6 Å². The minimum Gasteiger partial charge on any atom is -0.497 e. The number of nitro benzene ring substituents is 1. The third kappa shape index (κ3) is 4.99. The second kappa shape index (κ2) is 9.78. The van der Waals surface area contributed by atoms with Crippen molar-refractivity contribution in [1.29, 1.82) is 0 Å². The Labute approximate surface area is 214 Å². The SMILES string of the molecule is C=C1NC2=C(C(=O)CC(C)(C)C2)C(c2cc([N+](=O)[O-])ccc2Cl)C1C(=O)OCc1ccc(OC)cc1. The highest BCUT2D eigenvalue weighted by atomic mass is 35.5. The van der Waals surface area contributed by atoms with Crippen molar-refractivity contribution in [1.82, 2.24) is 5.32 Å². The van der Waals surface area contributed by atoms with Gasteiger partial charge in [0.25, 0.3) is 5.69 Å². The summed E-state index contributed by atoms with van der Waals surface area (Å²) in [5.74, 6) is -1.95. The lowest BCUT2D eigenvalue weighted by Crippen LogP contribution is -2.43. The number of nitrogens with zero attached hydrogens (tertiary/aromatic N) is 1. The fourth-order valence-electron chi connectivity index (χ4n) is 4.91. The molecule has 188 valence electrons. The summed E-state index contributed by atoms with van der Waals surface area (Å²) < 4.78 is 10.8. The van der Waals surface area contributed by atoms with Crippen molar-refractivity contribution in [2.45, 2.75) is 39.2 Å². The van der Waals surface area contributed by atoms with Gasteiger partial charge in [-0.05, 0) is 41.2 Å². The molecule has 2 atom stereocenters. The van der Waals surface area contributed by atoms with Crippen LogP contribution in [0.1, 0.15) is 43.7 Å². The van der Waals surface area contributed by atoms with Gasteiger partial charge in [0.2, 0.25) is 0 Å². The molecular formula is C27H27ClN2O6. The zero-order valence-electron chi connectivity index (χ0n) is 20.3. The topological polar surface area (TPSA) is 108 Å². The average Bonchev–Trinajstić information content (AvgIpc) is 2.81. The summed E-state index contributed by atoms with van der Waals surface area (Å²) in [5, 5.41) is 14.9. The van der Waals surface area contributed by atoms with Gasteiger partial charge in [-0.2, -0.15) is 0 Å². The van der Waals surface area contributed by atoms with Crippen LogP contribution in [-0.2, 0) is 20.9 Å². The Kier molecular flexibility index (Phi) is 6.91. The van der Waals surface area contributed by atoms with Crippen molar-refractivity contribution in [2.24, 2.45) is 11.3 Å². The van der Waals surface area contributed by atoms with Crippen molar-refractivity contribution < 1.29 is 24.0 Å². The molecule has 36 heavy (non-hydrogen) atoms. The van der Waals surface area contributed by atoms with Gasteiger partial charge in [-0.1, -0.05) is 44.2 Å². The molecule has 1 heterocycles. The number of hydrogen-bond donors (Lipinski definition) is 1. The summed E-state index contributed by atoms with van der Waals surface area (Å²) in [4.78, 5) is 37.9. The van der Waals surface area contributed by atoms with E-state index in [2.05, 4.69) is 11.9 Å². The van der Waals surface area contributed by atoms with Gasteiger partial charge in [-0.3, -0.25) is 19.7 Å². The average molecular weight is 511 g/mol. The van der Waals surface area contributed by atoms with Crippen LogP contribution < -0.4 is 10.1 Å². The van der Waals surface area contributed by atoms with Gasteiger partial charge in [0.1, 0.15) is 18.3 Å². The molecule has 1 aliphatic carbocycles. The summed E-state index contributed by atoms with van der Waals surface area (Å²) in [6.07, 6.45) is 0.834. The van der Waals surface area contributed by atoms with Gasteiger partial charge in [0, 0.05) is 46.5 Å². The van der Waals surface area contributed by atoms with E-state index in [1.54, 1.807) is 31.4 Å². The van der Waals surface area contributed by atoms with Crippen LogP contribution in [0.15, 0.2) is 66.0 Å². The predicted molar refractivity (Wildman–Crippen MR) is 134 cm³/mol. The van der Waals surface area contributed by atoms with Crippen molar-refractivity contribution >= 4 is 29.0 Å². The van der Waals surface area contributed by atoms with Crippen LogP contribution in [0.3, 0.4) is 0 Å². The molecule has 2 unspecified atom stereocenters. The Morgan fingerprint density at radius 3 is 2.56 bits per heavy atom. The van der Waals surface area contributed by atoms with Gasteiger partial charge < -0.3 is 14.8 Å². The zero-order valence-corrected chi connectivity index (χ0v) is 21.1. The number of carbonyl (C=O) groups is 2. The third-order valence-electron chi connectivity index (χ3n) is 6.57. The number of esters is 1. The summed E-state index contributed by atoms with van der Waals surface area (Å²) in [7, 11) is 1.56. The van der Waals surface area contributed by atoms with Gasteiger partial charge in [0.05, 0.1) is 12.0 Å². The molecule has 0 aromatic heterocycles. The van der Waals surface area contributed by atoms with E-state index < -0.39 is 22.7 Å². The molecule has 0 radical (unpaired) electrons. The number of benzene rings is 2. The molecule has 0 bridgehead atoms. The number of Topliss-reactive ketones (excluding diaryl/α,β-unsaturated/α-hetero) is 1. The maximum atomic E-state index is 13.5.